The number of hydrogen-bond donors (Lipinski definition) is 2. The van der Waals surface area contributed by atoms with E-state index in [2.05, 4.69) is 32.1 Å². The Bertz CT molecular complexity index is 496. The van der Waals surface area contributed by atoms with Gasteiger partial charge in [-0.25, -0.2) is 0 Å². The Labute approximate surface area is 133 Å². The largest absolute Gasteiger partial charge is 0.397 e. The Kier molecular flexibility index (Phi) is 11.0. The summed E-state index contributed by atoms with van der Waals surface area (Å²) in [7, 11) is 0. The summed E-state index contributed by atoms with van der Waals surface area (Å²) in [6.45, 7) is 8.29. The summed E-state index contributed by atoms with van der Waals surface area (Å²) in [4.78, 5) is 1.21. The van der Waals surface area contributed by atoms with Gasteiger partial charge in [-0.3, -0.25) is 0 Å². The van der Waals surface area contributed by atoms with Gasteiger partial charge in [-0.15, -0.1) is 11.3 Å². The maximum atomic E-state index is 5.71. The number of benzene rings is 1. The molecule has 0 bridgehead atoms. The van der Waals surface area contributed by atoms with Crippen LogP contribution in [0.1, 0.15) is 40.5 Å². The van der Waals surface area contributed by atoms with Gasteiger partial charge < -0.3 is 11.5 Å². The lowest BCUT2D eigenvalue weighted by Gasteiger charge is -2.02. The van der Waals surface area contributed by atoms with Crippen LogP contribution in [0.25, 0.3) is 10.4 Å². The van der Waals surface area contributed by atoms with E-state index in [0.717, 1.165) is 5.56 Å². The minimum atomic E-state index is 0.639. The molecule has 1 heterocycles. The first-order valence-corrected chi connectivity index (χ1v) is 8.40. The van der Waals surface area contributed by atoms with Gasteiger partial charge in [-0.05, 0) is 42.0 Å². The first kappa shape index (κ1) is 19.3. The van der Waals surface area contributed by atoms with Crippen molar-refractivity contribution in [2.45, 2.75) is 40.5 Å². The van der Waals surface area contributed by atoms with Crippen molar-refractivity contribution in [1.82, 2.24) is 0 Å². The molecule has 0 unspecified atom stereocenters. The third-order valence-electron chi connectivity index (χ3n) is 2.53. The number of rotatable bonds is 3. The summed E-state index contributed by atoms with van der Waals surface area (Å²) in [5, 5.41) is 2.04. The lowest BCUT2D eigenvalue weighted by molar-refractivity contribution is 1.16. The van der Waals surface area contributed by atoms with Crippen molar-refractivity contribution in [3.63, 3.8) is 0 Å². The summed E-state index contributed by atoms with van der Waals surface area (Å²) >= 11 is 1.69. The fraction of sp³-hybridized carbons (Fsp3) is 0.333. The number of nitrogen functional groups attached to an aromatic ring is 2. The molecular formula is C18H28N2S. The Morgan fingerprint density at radius 3 is 2.00 bits per heavy atom. The zero-order valence-corrected chi connectivity index (χ0v) is 14.4. The van der Waals surface area contributed by atoms with E-state index in [1.807, 2.05) is 43.5 Å². The smallest absolute Gasteiger partial charge is 0.0554 e. The molecule has 21 heavy (non-hydrogen) atoms. The maximum absolute atomic E-state index is 5.71. The molecule has 0 spiro atoms. The molecule has 0 aliphatic rings. The van der Waals surface area contributed by atoms with E-state index in [1.54, 1.807) is 11.3 Å². The van der Waals surface area contributed by atoms with Gasteiger partial charge >= 0.3 is 0 Å². The normalized spacial score (nSPS) is 9.52. The highest BCUT2D eigenvalue weighted by atomic mass is 32.1. The van der Waals surface area contributed by atoms with E-state index in [1.165, 1.54) is 17.7 Å². The van der Waals surface area contributed by atoms with Crippen LogP contribution < -0.4 is 11.5 Å². The fourth-order valence-electron chi connectivity index (χ4n) is 1.50. The molecular weight excluding hydrogens is 276 g/mol. The minimum Gasteiger partial charge on any atom is -0.397 e. The fourth-order valence-corrected chi connectivity index (χ4v) is 2.23. The van der Waals surface area contributed by atoms with Crippen LogP contribution in [0.2, 0.25) is 0 Å². The van der Waals surface area contributed by atoms with Crippen LogP contribution in [-0.2, 0) is 0 Å². The Balaban J connectivity index is 0.000000427. The van der Waals surface area contributed by atoms with Crippen LogP contribution in [0.15, 0.2) is 47.9 Å². The van der Waals surface area contributed by atoms with Crippen molar-refractivity contribution in [3.8, 4) is 10.4 Å². The van der Waals surface area contributed by atoms with Gasteiger partial charge in [0.1, 0.15) is 0 Å². The Hall–Kier alpha value is -1.74. The van der Waals surface area contributed by atoms with Crippen LogP contribution in [0.5, 0.6) is 0 Å². The van der Waals surface area contributed by atoms with Crippen molar-refractivity contribution in [2.75, 3.05) is 11.5 Å². The van der Waals surface area contributed by atoms with Gasteiger partial charge in [0.2, 0.25) is 0 Å². The van der Waals surface area contributed by atoms with Crippen molar-refractivity contribution >= 4 is 22.7 Å². The van der Waals surface area contributed by atoms with E-state index >= 15 is 0 Å². The molecule has 0 aliphatic carbocycles. The summed E-state index contributed by atoms with van der Waals surface area (Å²) < 4.78 is 0. The van der Waals surface area contributed by atoms with Crippen LogP contribution in [0.4, 0.5) is 11.4 Å². The van der Waals surface area contributed by atoms with Gasteiger partial charge in [0, 0.05) is 4.88 Å². The lowest BCUT2D eigenvalue weighted by Crippen LogP contribution is -1.93. The zero-order valence-electron chi connectivity index (χ0n) is 13.6. The highest BCUT2D eigenvalue weighted by Gasteiger charge is 2.00. The molecule has 116 valence electrons. The highest BCUT2D eigenvalue weighted by Crippen LogP contribution is 2.28. The molecule has 0 atom stereocenters. The molecule has 0 saturated heterocycles. The molecule has 2 aromatic rings. The predicted octanol–water partition coefficient (Wildman–Crippen LogP) is 5.97. The number of nitrogens with two attached hydrogens (primary N) is 2. The summed E-state index contributed by atoms with van der Waals surface area (Å²) in [5.41, 5.74) is 13.7. The predicted molar refractivity (Wildman–Crippen MR) is 99.6 cm³/mol. The third-order valence-corrected chi connectivity index (χ3v) is 3.45. The minimum absolute atomic E-state index is 0.639. The lowest BCUT2D eigenvalue weighted by atomic mass is 10.1. The summed E-state index contributed by atoms with van der Waals surface area (Å²) in [6.07, 6.45) is 6.71. The third kappa shape index (κ3) is 7.57. The quantitative estimate of drug-likeness (QED) is 0.542. The van der Waals surface area contributed by atoms with Crippen molar-refractivity contribution in [3.05, 3.63) is 47.9 Å². The molecule has 0 saturated carbocycles. The van der Waals surface area contributed by atoms with E-state index in [0.29, 0.717) is 11.4 Å². The average molecular weight is 305 g/mol. The average Bonchev–Trinajstić information content (AvgIpc) is 3.05. The first-order valence-electron chi connectivity index (χ1n) is 7.52. The molecule has 4 N–H and O–H groups in total. The number of hydrogen-bond acceptors (Lipinski definition) is 3. The molecule has 2 nitrogen and oxygen atoms in total. The monoisotopic (exact) mass is 304 g/mol. The summed E-state index contributed by atoms with van der Waals surface area (Å²) in [6, 6.07) is 9.81. The van der Waals surface area contributed by atoms with Crippen molar-refractivity contribution in [2.24, 2.45) is 0 Å². The van der Waals surface area contributed by atoms with Gasteiger partial charge in [-0.1, -0.05) is 52.0 Å². The second-order valence-electron chi connectivity index (χ2n) is 4.11. The summed E-state index contributed by atoms with van der Waals surface area (Å²) in [5.74, 6) is 0. The second kappa shape index (κ2) is 12.0. The van der Waals surface area contributed by atoms with E-state index in [9.17, 15) is 0 Å². The molecule has 0 radical (unpaired) electrons. The number of thiophene rings is 1. The maximum Gasteiger partial charge on any atom is 0.0554 e. The zero-order chi connectivity index (χ0) is 16.1. The number of allylic oxidation sites excluding steroid dienone is 2. The van der Waals surface area contributed by atoms with Crippen molar-refractivity contribution < 1.29 is 0 Å². The van der Waals surface area contributed by atoms with Gasteiger partial charge in [0.25, 0.3) is 0 Å². The van der Waals surface area contributed by atoms with Crippen LogP contribution in [0, 0.1) is 0 Å². The van der Waals surface area contributed by atoms with Gasteiger partial charge in [0.05, 0.1) is 11.4 Å². The van der Waals surface area contributed by atoms with E-state index in [-0.39, 0.29) is 0 Å². The molecule has 0 fully saturated rings. The number of anilines is 2. The molecule has 3 heteroatoms. The molecule has 1 aromatic carbocycles. The van der Waals surface area contributed by atoms with Gasteiger partial charge in [-0.2, -0.15) is 0 Å². The molecule has 2 rings (SSSR count). The van der Waals surface area contributed by atoms with Crippen LogP contribution in [0.3, 0.4) is 0 Å². The standard InChI is InChI=1S/C10H10N2S.C6H12.C2H6/c11-8-4-3-7(6-9(8)12)10-2-1-5-13-10;1-3-5-6-4-2;1-2/h1-6H,11-12H2;5-6H,3-4H2,1-2H3;1-2H3/b;6-5-;. The topological polar surface area (TPSA) is 52.0 Å². The van der Waals surface area contributed by atoms with E-state index < -0.39 is 0 Å². The van der Waals surface area contributed by atoms with Gasteiger partial charge in [0.15, 0.2) is 0 Å². The first-order chi connectivity index (χ1) is 10.2. The van der Waals surface area contributed by atoms with Crippen LogP contribution >= 0.6 is 11.3 Å². The Morgan fingerprint density at radius 1 is 0.952 bits per heavy atom. The van der Waals surface area contributed by atoms with Crippen molar-refractivity contribution in [1.29, 1.82) is 0 Å². The molecule has 0 amide bonds. The highest BCUT2D eigenvalue weighted by molar-refractivity contribution is 7.13. The second-order valence-corrected chi connectivity index (χ2v) is 5.06. The van der Waals surface area contributed by atoms with E-state index in [4.69, 9.17) is 11.5 Å². The molecule has 1 aromatic heterocycles. The molecule has 0 aliphatic heterocycles. The van der Waals surface area contributed by atoms with Crippen LogP contribution in [-0.4, -0.2) is 0 Å². The Morgan fingerprint density at radius 2 is 1.57 bits per heavy atom. The SMILES string of the molecule is CC.CC/C=C\CC.Nc1ccc(-c2cccs2)cc1N.